The molecule has 0 aliphatic rings. The Labute approximate surface area is 231 Å². The zero-order chi connectivity index (χ0) is 26.6. The van der Waals surface area contributed by atoms with Crippen LogP contribution >= 0.6 is 0 Å². The van der Waals surface area contributed by atoms with Crippen LogP contribution in [0, 0.1) is 11.3 Å². The summed E-state index contributed by atoms with van der Waals surface area (Å²) in [4.78, 5) is 0. The monoisotopic (exact) mass is 509 g/mol. The molecule has 2 heterocycles. The number of para-hydroxylation sites is 4. The Morgan fingerprint density at radius 3 is 1.88 bits per heavy atom. The van der Waals surface area contributed by atoms with Gasteiger partial charge in [0, 0.05) is 32.9 Å². The molecule has 0 atom stereocenters. The van der Waals surface area contributed by atoms with Crippen LogP contribution in [-0.4, -0.2) is 9.13 Å². The van der Waals surface area contributed by atoms with Gasteiger partial charge in [-0.25, -0.2) is 0 Å². The van der Waals surface area contributed by atoms with E-state index in [0.29, 0.717) is 5.56 Å². The van der Waals surface area contributed by atoms with Crippen molar-refractivity contribution in [3.8, 4) is 28.6 Å². The highest BCUT2D eigenvalue weighted by Crippen LogP contribution is 2.41. The van der Waals surface area contributed by atoms with Gasteiger partial charge in [0.15, 0.2) is 0 Å². The van der Waals surface area contributed by atoms with E-state index >= 15 is 0 Å². The Balaban J connectivity index is 1.46. The van der Waals surface area contributed by atoms with Crippen LogP contribution < -0.4 is 0 Å². The number of aromatic nitrogens is 2. The molecule has 8 rings (SSSR count). The maximum absolute atomic E-state index is 10.0. The molecule has 0 fully saturated rings. The van der Waals surface area contributed by atoms with Crippen molar-refractivity contribution in [2.45, 2.75) is 0 Å². The van der Waals surface area contributed by atoms with Gasteiger partial charge in [-0.05, 0) is 65.7 Å². The molecule has 0 aliphatic carbocycles. The van der Waals surface area contributed by atoms with E-state index in [9.17, 15) is 5.26 Å². The summed E-state index contributed by atoms with van der Waals surface area (Å²) in [6.07, 6.45) is 0. The molecule has 40 heavy (non-hydrogen) atoms. The minimum atomic E-state index is 0.673. The van der Waals surface area contributed by atoms with Crippen molar-refractivity contribution in [2.24, 2.45) is 0 Å². The third kappa shape index (κ3) is 3.17. The third-order valence-corrected chi connectivity index (χ3v) is 7.95. The smallest absolute Gasteiger partial charge is 0.101 e. The SMILES string of the molecule is N#Cc1cccc2c3cc(-c4cccc5c4c4ccccc4n5-c4ccccc4)ccc3n(-c3ccccc3)c12. The average Bonchev–Trinajstić information content (AvgIpc) is 3.54. The maximum Gasteiger partial charge on any atom is 0.101 e. The van der Waals surface area contributed by atoms with Gasteiger partial charge < -0.3 is 9.13 Å². The number of benzene rings is 6. The molecule has 3 nitrogen and oxygen atoms in total. The molecule has 0 unspecified atom stereocenters. The molecule has 186 valence electrons. The van der Waals surface area contributed by atoms with E-state index in [2.05, 4.69) is 124 Å². The van der Waals surface area contributed by atoms with Gasteiger partial charge in [0.05, 0.1) is 27.6 Å². The number of nitrogens with zero attached hydrogens (tertiary/aromatic N) is 3. The Bertz CT molecular complexity index is 2260. The fraction of sp³-hybridized carbons (Fsp3) is 0. The first kappa shape index (κ1) is 22.4. The van der Waals surface area contributed by atoms with Crippen LogP contribution in [0.1, 0.15) is 5.56 Å². The Morgan fingerprint density at radius 2 is 1.10 bits per heavy atom. The predicted molar refractivity (Wildman–Crippen MR) is 165 cm³/mol. The van der Waals surface area contributed by atoms with Crippen LogP contribution in [-0.2, 0) is 0 Å². The van der Waals surface area contributed by atoms with E-state index in [4.69, 9.17) is 0 Å². The minimum Gasteiger partial charge on any atom is -0.309 e. The molecule has 8 aromatic rings. The van der Waals surface area contributed by atoms with Gasteiger partial charge in [0.1, 0.15) is 6.07 Å². The standard InChI is InChI=1S/C37H23N3/c38-24-26-11-9-18-30-32-23-25(21-22-34(32)40(37(26)30)28-14-5-2-6-15-28)29-17-10-20-35-36(29)31-16-7-8-19-33(31)39(35)27-12-3-1-4-13-27/h1-23H. The molecule has 0 bridgehead atoms. The van der Waals surface area contributed by atoms with Gasteiger partial charge in [-0.15, -0.1) is 0 Å². The molecule has 2 aromatic heterocycles. The van der Waals surface area contributed by atoms with Gasteiger partial charge in [-0.1, -0.05) is 84.9 Å². The van der Waals surface area contributed by atoms with Crippen molar-refractivity contribution < 1.29 is 0 Å². The molecule has 0 amide bonds. The number of nitriles is 1. The van der Waals surface area contributed by atoms with Crippen LogP contribution in [0.2, 0.25) is 0 Å². The topological polar surface area (TPSA) is 33.6 Å². The van der Waals surface area contributed by atoms with Gasteiger partial charge in [0.2, 0.25) is 0 Å². The summed E-state index contributed by atoms with van der Waals surface area (Å²) < 4.78 is 4.57. The van der Waals surface area contributed by atoms with E-state index < -0.39 is 0 Å². The van der Waals surface area contributed by atoms with Crippen molar-refractivity contribution >= 4 is 43.6 Å². The number of fused-ring (bicyclic) bond motifs is 6. The summed E-state index contributed by atoms with van der Waals surface area (Å²) in [6, 6.07) is 51.3. The second-order valence-corrected chi connectivity index (χ2v) is 10.1. The average molecular weight is 510 g/mol. The fourth-order valence-electron chi connectivity index (χ4n) is 6.29. The van der Waals surface area contributed by atoms with Gasteiger partial charge in [-0.3, -0.25) is 0 Å². The summed E-state index contributed by atoms with van der Waals surface area (Å²) >= 11 is 0. The highest BCUT2D eigenvalue weighted by molar-refractivity contribution is 6.17. The van der Waals surface area contributed by atoms with Crippen molar-refractivity contribution in [1.82, 2.24) is 9.13 Å². The lowest BCUT2D eigenvalue weighted by molar-refractivity contribution is 1.18. The highest BCUT2D eigenvalue weighted by atomic mass is 15.0. The van der Waals surface area contributed by atoms with Crippen LogP contribution in [0.3, 0.4) is 0 Å². The van der Waals surface area contributed by atoms with E-state index in [1.807, 2.05) is 30.3 Å². The molecular weight excluding hydrogens is 486 g/mol. The molecular formula is C37H23N3. The summed E-state index contributed by atoms with van der Waals surface area (Å²) in [5.74, 6) is 0. The third-order valence-electron chi connectivity index (χ3n) is 7.95. The van der Waals surface area contributed by atoms with Crippen LogP contribution in [0.15, 0.2) is 140 Å². The summed E-state index contributed by atoms with van der Waals surface area (Å²) in [5.41, 5.74) is 9.63. The first-order chi connectivity index (χ1) is 19.8. The quantitative estimate of drug-likeness (QED) is 0.233. The first-order valence-corrected chi connectivity index (χ1v) is 13.4. The van der Waals surface area contributed by atoms with Crippen molar-refractivity contribution in [1.29, 1.82) is 5.26 Å². The zero-order valence-corrected chi connectivity index (χ0v) is 21.6. The molecule has 0 saturated heterocycles. The van der Waals surface area contributed by atoms with Gasteiger partial charge >= 0.3 is 0 Å². The van der Waals surface area contributed by atoms with Crippen LogP contribution in [0.25, 0.3) is 66.1 Å². The second-order valence-electron chi connectivity index (χ2n) is 10.1. The molecule has 6 aromatic carbocycles. The van der Waals surface area contributed by atoms with Crippen LogP contribution in [0.5, 0.6) is 0 Å². The molecule has 0 saturated carbocycles. The Morgan fingerprint density at radius 1 is 0.475 bits per heavy atom. The van der Waals surface area contributed by atoms with E-state index in [1.54, 1.807) is 0 Å². The van der Waals surface area contributed by atoms with Gasteiger partial charge in [-0.2, -0.15) is 5.26 Å². The summed E-state index contributed by atoms with van der Waals surface area (Å²) in [6.45, 7) is 0. The largest absolute Gasteiger partial charge is 0.309 e. The van der Waals surface area contributed by atoms with Gasteiger partial charge in [0.25, 0.3) is 0 Å². The summed E-state index contributed by atoms with van der Waals surface area (Å²) in [5, 5.41) is 14.7. The second kappa shape index (κ2) is 8.73. The lowest BCUT2D eigenvalue weighted by atomic mass is 9.97. The molecule has 0 radical (unpaired) electrons. The van der Waals surface area contributed by atoms with Crippen molar-refractivity contribution in [2.75, 3.05) is 0 Å². The lowest BCUT2D eigenvalue weighted by Crippen LogP contribution is -1.95. The fourth-order valence-corrected chi connectivity index (χ4v) is 6.29. The number of hydrogen-bond donors (Lipinski definition) is 0. The van der Waals surface area contributed by atoms with E-state index in [0.717, 1.165) is 38.7 Å². The highest BCUT2D eigenvalue weighted by Gasteiger charge is 2.19. The Hall–Kier alpha value is -5.59. The van der Waals surface area contributed by atoms with Crippen molar-refractivity contribution in [3.63, 3.8) is 0 Å². The lowest BCUT2D eigenvalue weighted by Gasteiger charge is -2.10. The minimum absolute atomic E-state index is 0.673. The molecule has 3 heteroatoms. The first-order valence-electron chi connectivity index (χ1n) is 13.4. The molecule has 0 N–H and O–H groups in total. The Kier molecular flexibility index (Phi) is 4.89. The van der Waals surface area contributed by atoms with Crippen molar-refractivity contribution in [3.05, 3.63) is 145 Å². The maximum atomic E-state index is 10.0. The van der Waals surface area contributed by atoms with E-state index in [-0.39, 0.29) is 0 Å². The predicted octanol–water partition coefficient (Wildman–Crippen LogP) is 9.42. The number of rotatable bonds is 3. The molecule has 0 spiro atoms. The zero-order valence-electron chi connectivity index (χ0n) is 21.6. The van der Waals surface area contributed by atoms with E-state index in [1.165, 1.54) is 27.4 Å². The summed E-state index contributed by atoms with van der Waals surface area (Å²) in [7, 11) is 0. The number of hydrogen-bond acceptors (Lipinski definition) is 1. The molecule has 0 aliphatic heterocycles. The normalized spacial score (nSPS) is 11.5. The van der Waals surface area contributed by atoms with Crippen LogP contribution in [0.4, 0.5) is 0 Å².